The van der Waals surface area contributed by atoms with Crippen LogP contribution in [0.15, 0.2) is 43.0 Å². The maximum Gasteiger partial charge on any atom is 0.330 e. The highest BCUT2D eigenvalue weighted by atomic mass is 16.6. The van der Waals surface area contributed by atoms with Crippen molar-refractivity contribution in [3.63, 3.8) is 0 Å². The topological polar surface area (TPSA) is 35.5 Å². The second-order valence-electron chi connectivity index (χ2n) is 8.26. The Labute approximate surface area is 147 Å². The summed E-state index contributed by atoms with van der Waals surface area (Å²) in [7, 11) is 0. The molecule has 0 N–H and O–H groups in total. The third kappa shape index (κ3) is 5.20. The van der Waals surface area contributed by atoms with Gasteiger partial charge in [-0.2, -0.15) is 0 Å². The summed E-state index contributed by atoms with van der Waals surface area (Å²) in [5.41, 5.74) is 0.0686. The Morgan fingerprint density at radius 2 is 1.62 bits per heavy atom. The summed E-state index contributed by atoms with van der Waals surface area (Å²) in [6.45, 7) is 18.5. The van der Waals surface area contributed by atoms with Gasteiger partial charge in [-0.3, -0.25) is 0 Å². The number of benzene rings is 1. The van der Waals surface area contributed by atoms with E-state index in [9.17, 15) is 4.79 Å². The summed E-state index contributed by atoms with van der Waals surface area (Å²) in [5, 5.41) is 0. The van der Waals surface area contributed by atoms with Gasteiger partial charge in [0.2, 0.25) is 0 Å². The van der Waals surface area contributed by atoms with Crippen LogP contribution in [0, 0.1) is 5.41 Å². The Bertz CT molecular complexity index is 550. The van der Waals surface area contributed by atoms with Crippen LogP contribution in [0.2, 0.25) is 0 Å². The van der Waals surface area contributed by atoms with Crippen molar-refractivity contribution in [3.8, 4) is 0 Å². The van der Waals surface area contributed by atoms with E-state index in [1.807, 2.05) is 44.2 Å². The molecule has 0 bridgehead atoms. The van der Waals surface area contributed by atoms with Crippen molar-refractivity contribution in [2.75, 3.05) is 6.61 Å². The third-order valence-electron chi connectivity index (χ3n) is 4.99. The minimum absolute atomic E-state index is 0.00380. The van der Waals surface area contributed by atoms with Crippen molar-refractivity contribution >= 4 is 5.97 Å². The Kier molecular flexibility index (Phi) is 6.40. The molecule has 1 aromatic carbocycles. The van der Waals surface area contributed by atoms with E-state index in [1.165, 1.54) is 6.08 Å². The molecule has 0 fully saturated rings. The molecule has 24 heavy (non-hydrogen) atoms. The second-order valence-corrected chi connectivity index (χ2v) is 8.26. The molecular weight excluding hydrogens is 300 g/mol. The number of esters is 1. The maximum absolute atomic E-state index is 11.7. The average molecular weight is 332 g/mol. The van der Waals surface area contributed by atoms with E-state index in [-0.39, 0.29) is 16.9 Å². The van der Waals surface area contributed by atoms with Crippen molar-refractivity contribution in [2.45, 2.75) is 65.6 Å². The van der Waals surface area contributed by atoms with Gasteiger partial charge in [0.25, 0.3) is 0 Å². The summed E-state index contributed by atoms with van der Waals surface area (Å²) in [4.78, 5) is 11.7. The Morgan fingerprint density at radius 1 is 1.08 bits per heavy atom. The van der Waals surface area contributed by atoms with Crippen molar-refractivity contribution in [1.82, 2.24) is 0 Å². The van der Waals surface area contributed by atoms with Crippen molar-refractivity contribution in [1.29, 1.82) is 0 Å². The molecule has 3 nitrogen and oxygen atoms in total. The lowest BCUT2D eigenvalue weighted by Crippen LogP contribution is -2.44. The van der Waals surface area contributed by atoms with Crippen LogP contribution in [0.1, 0.15) is 59.9 Å². The van der Waals surface area contributed by atoms with Crippen LogP contribution in [0.4, 0.5) is 0 Å². The first kappa shape index (κ1) is 20.4. The molecular formula is C21H32O3. The molecule has 0 heterocycles. The number of rotatable bonds is 7. The van der Waals surface area contributed by atoms with Gasteiger partial charge >= 0.3 is 5.97 Å². The maximum atomic E-state index is 11.7. The number of carbonyl (C=O) groups is 1. The van der Waals surface area contributed by atoms with Crippen LogP contribution in [0.5, 0.6) is 0 Å². The van der Waals surface area contributed by atoms with Gasteiger partial charge in [-0.05, 0) is 38.7 Å². The lowest BCUT2D eigenvalue weighted by atomic mass is 9.78. The molecule has 134 valence electrons. The number of hydrogen-bond acceptors (Lipinski definition) is 3. The summed E-state index contributed by atoms with van der Waals surface area (Å²) in [6.07, 6.45) is 1.20. The molecule has 0 aromatic heterocycles. The van der Waals surface area contributed by atoms with Crippen LogP contribution in [-0.2, 0) is 14.3 Å². The molecule has 0 amide bonds. The summed E-state index contributed by atoms with van der Waals surface area (Å²) < 4.78 is 11.9. The monoisotopic (exact) mass is 332 g/mol. The third-order valence-corrected chi connectivity index (χ3v) is 4.99. The molecule has 0 aliphatic carbocycles. The quantitative estimate of drug-likeness (QED) is 0.513. The largest absolute Gasteiger partial charge is 0.456 e. The van der Waals surface area contributed by atoms with E-state index >= 15 is 0 Å². The Balaban J connectivity index is 3.08. The SMILES string of the molecule is C=CC(=O)OC(C)(C)C(COC(C)(C)C(C)(C)C)c1ccccc1. The highest BCUT2D eigenvalue weighted by Gasteiger charge is 2.39. The minimum Gasteiger partial charge on any atom is -0.456 e. The van der Waals surface area contributed by atoms with Gasteiger partial charge in [0.05, 0.1) is 12.2 Å². The fourth-order valence-corrected chi connectivity index (χ4v) is 2.26. The molecule has 1 unspecified atom stereocenters. The molecule has 1 aromatic rings. The van der Waals surface area contributed by atoms with Crippen molar-refractivity contribution in [2.24, 2.45) is 5.41 Å². The minimum atomic E-state index is -0.708. The van der Waals surface area contributed by atoms with Gasteiger partial charge in [-0.1, -0.05) is 57.7 Å². The molecule has 1 rings (SSSR count). The standard InChI is InChI=1S/C21H32O3/c1-9-18(22)24-20(5,6)17(16-13-11-10-12-14-16)15-23-21(7,8)19(2,3)4/h9-14,17H,1,15H2,2-8H3. The van der Waals surface area contributed by atoms with E-state index in [0.29, 0.717) is 6.61 Å². The second kappa shape index (κ2) is 7.52. The number of carbonyl (C=O) groups excluding carboxylic acids is 1. The lowest BCUT2D eigenvalue weighted by molar-refractivity contribution is -0.158. The van der Waals surface area contributed by atoms with Crippen LogP contribution < -0.4 is 0 Å². The van der Waals surface area contributed by atoms with Crippen LogP contribution >= 0.6 is 0 Å². The predicted molar refractivity (Wildman–Crippen MR) is 99.0 cm³/mol. The first-order valence-corrected chi connectivity index (χ1v) is 8.45. The van der Waals surface area contributed by atoms with E-state index < -0.39 is 11.6 Å². The van der Waals surface area contributed by atoms with E-state index in [0.717, 1.165) is 5.56 Å². The van der Waals surface area contributed by atoms with Crippen LogP contribution in [0.3, 0.4) is 0 Å². The Morgan fingerprint density at radius 3 is 2.08 bits per heavy atom. The molecule has 0 radical (unpaired) electrons. The zero-order valence-corrected chi connectivity index (χ0v) is 16.2. The predicted octanol–water partition coefficient (Wildman–Crippen LogP) is 5.12. The van der Waals surface area contributed by atoms with Gasteiger partial charge in [-0.25, -0.2) is 4.79 Å². The fraction of sp³-hybridized carbons (Fsp3) is 0.571. The highest BCUT2D eigenvalue weighted by molar-refractivity contribution is 5.81. The van der Waals surface area contributed by atoms with Crippen molar-refractivity contribution < 1.29 is 14.3 Å². The van der Waals surface area contributed by atoms with Gasteiger partial charge in [0, 0.05) is 12.0 Å². The Hall–Kier alpha value is -1.61. The summed E-state index contributed by atoms with van der Waals surface area (Å²) in [5.74, 6) is -0.500. The molecule has 1 atom stereocenters. The number of ether oxygens (including phenoxy) is 2. The van der Waals surface area contributed by atoms with Crippen LogP contribution in [-0.4, -0.2) is 23.8 Å². The molecule has 0 saturated carbocycles. The smallest absolute Gasteiger partial charge is 0.330 e. The highest BCUT2D eigenvalue weighted by Crippen LogP contribution is 2.37. The number of hydrogen-bond donors (Lipinski definition) is 0. The van der Waals surface area contributed by atoms with Crippen LogP contribution in [0.25, 0.3) is 0 Å². The summed E-state index contributed by atoms with van der Waals surface area (Å²) >= 11 is 0. The molecule has 3 heteroatoms. The fourth-order valence-electron chi connectivity index (χ4n) is 2.26. The average Bonchev–Trinajstić information content (AvgIpc) is 2.46. The first-order chi connectivity index (χ1) is 10.9. The zero-order chi connectivity index (χ0) is 18.6. The molecule has 0 saturated heterocycles. The zero-order valence-electron chi connectivity index (χ0n) is 16.2. The summed E-state index contributed by atoms with van der Waals surface area (Å²) in [6, 6.07) is 10.0. The van der Waals surface area contributed by atoms with E-state index in [2.05, 4.69) is 41.2 Å². The van der Waals surface area contributed by atoms with Gasteiger partial charge in [0.15, 0.2) is 0 Å². The van der Waals surface area contributed by atoms with Gasteiger partial charge in [0.1, 0.15) is 5.60 Å². The lowest BCUT2D eigenvalue weighted by Gasteiger charge is -2.42. The first-order valence-electron chi connectivity index (χ1n) is 8.45. The van der Waals surface area contributed by atoms with Gasteiger partial charge in [-0.15, -0.1) is 0 Å². The normalized spacial score (nSPS) is 14.1. The molecule has 0 spiro atoms. The van der Waals surface area contributed by atoms with E-state index in [4.69, 9.17) is 9.47 Å². The van der Waals surface area contributed by atoms with Crippen molar-refractivity contribution in [3.05, 3.63) is 48.6 Å². The molecule has 0 aliphatic heterocycles. The van der Waals surface area contributed by atoms with E-state index in [1.54, 1.807) is 0 Å². The molecule has 0 aliphatic rings. The van der Waals surface area contributed by atoms with Gasteiger partial charge < -0.3 is 9.47 Å².